The van der Waals surface area contributed by atoms with Crippen LogP contribution in [0.2, 0.25) is 0 Å². The molecule has 2 aromatic rings. The lowest BCUT2D eigenvalue weighted by Gasteiger charge is -2.34. The van der Waals surface area contributed by atoms with Crippen LogP contribution < -0.4 is 5.32 Å². The third kappa shape index (κ3) is 2.88. The predicted octanol–water partition coefficient (Wildman–Crippen LogP) is 2.90. The molecule has 1 N–H and O–H groups in total. The smallest absolute Gasteiger partial charge is 0.160 e. The van der Waals surface area contributed by atoms with Crippen LogP contribution >= 0.6 is 0 Å². The molecule has 2 saturated heterocycles. The molecular weight excluding hydrogens is 286 g/mol. The highest BCUT2D eigenvalue weighted by Gasteiger charge is 2.28. The van der Waals surface area contributed by atoms with E-state index in [1.807, 2.05) is 12.3 Å². The second-order valence-electron chi connectivity index (χ2n) is 6.88. The van der Waals surface area contributed by atoms with Gasteiger partial charge in [0.2, 0.25) is 0 Å². The average Bonchev–Trinajstić information content (AvgIpc) is 3.02. The number of rotatable bonds is 3. The van der Waals surface area contributed by atoms with Crippen LogP contribution in [-0.4, -0.2) is 45.6 Å². The van der Waals surface area contributed by atoms with Crippen molar-refractivity contribution in [2.75, 3.05) is 26.2 Å². The van der Waals surface area contributed by atoms with Gasteiger partial charge in [-0.2, -0.15) is 0 Å². The maximum atomic E-state index is 4.98. The van der Waals surface area contributed by atoms with Gasteiger partial charge in [-0.15, -0.1) is 0 Å². The highest BCUT2D eigenvalue weighted by Crippen LogP contribution is 2.32. The van der Waals surface area contributed by atoms with E-state index in [9.17, 15) is 0 Å². The third-order valence-electron chi connectivity index (χ3n) is 5.39. The molecule has 0 amide bonds. The molecule has 0 aliphatic carbocycles. The summed E-state index contributed by atoms with van der Waals surface area (Å²) in [6.07, 6.45) is 8.16. The zero-order valence-electron chi connectivity index (χ0n) is 14.0. The van der Waals surface area contributed by atoms with E-state index < -0.39 is 0 Å². The Hall–Kier alpha value is -1.46. The largest absolute Gasteiger partial charge is 0.307 e. The fraction of sp³-hybridized carbons (Fsp3) is 0.667. The minimum absolute atomic E-state index is 0.384. The number of nitrogens with one attached hydrogen (secondary N) is 1. The first-order valence-corrected chi connectivity index (χ1v) is 9.15. The zero-order valence-corrected chi connectivity index (χ0v) is 14.0. The molecule has 2 unspecified atom stereocenters. The van der Waals surface area contributed by atoms with Crippen molar-refractivity contribution in [3.8, 4) is 0 Å². The second-order valence-corrected chi connectivity index (χ2v) is 6.88. The van der Waals surface area contributed by atoms with Crippen molar-refractivity contribution in [1.29, 1.82) is 0 Å². The molecule has 2 aromatic heterocycles. The second kappa shape index (κ2) is 6.57. The van der Waals surface area contributed by atoms with Gasteiger partial charge in [-0.05, 0) is 57.5 Å². The number of hydrogen-bond donors (Lipinski definition) is 1. The summed E-state index contributed by atoms with van der Waals surface area (Å²) >= 11 is 0. The number of aromatic nitrogens is 3. The van der Waals surface area contributed by atoms with Gasteiger partial charge in [0.25, 0.3) is 0 Å². The maximum Gasteiger partial charge on any atom is 0.160 e. The van der Waals surface area contributed by atoms with Crippen LogP contribution in [0.3, 0.4) is 0 Å². The summed E-state index contributed by atoms with van der Waals surface area (Å²) in [5, 5.41) is 3.68. The molecule has 0 radical (unpaired) electrons. The standard InChI is InChI=1S/C18H27N5/c1-2-22-12-6-7-14(13-22)23-17-16(9-5-11-20-17)21-18(23)15-8-3-4-10-19-15/h5,9,11,14-15,19H,2-4,6-8,10,12-13H2,1H3. The number of nitrogens with zero attached hydrogens (tertiary/aromatic N) is 4. The van der Waals surface area contributed by atoms with Crippen molar-refractivity contribution >= 4 is 11.2 Å². The van der Waals surface area contributed by atoms with Gasteiger partial charge in [0.05, 0.1) is 6.04 Å². The van der Waals surface area contributed by atoms with Crippen LogP contribution in [-0.2, 0) is 0 Å². The molecule has 2 atom stereocenters. The Labute approximate surface area is 138 Å². The summed E-state index contributed by atoms with van der Waals surface area (Å²) < 4.78 is 2.46. The first-order chi connectivity index (χ1) is 11.4. The van der Waals surface area contributed by atoms with E-state index in [2.05, 4.69) is 32.8 Å². The first kappa shape index (κ1) is 15.1. The number of piperidine rings is 2. The molecule has 5 nitrogen and oxygen atoms in total. The molecule has 0 bridgehead atoms. The molecular formula is C18H27N5. The Morgan fingerprint density at radius 2 is 2.22 bits per heavy atom. The van der Waals surface area contributed by atoms with Crippen molar-refractivity contribution in [2.45, 2.75) is 51.1 Å². The Morgan fingerprint density at radius 1 is 1.26 bits per heavy atom. The molecule has 0 spiro atoms. The van der Waals surface area contributed by atoms with Gasteiger partial charge in [-0.25, -0.2) is 9.97 Å². The van der Waals surface area contributed by atoms with Gasteiger partial charge in [-0.1, -0.05) is 13.3 Å². The van der Waals surface area contributed by atoms with Gasteiger partial charge >= 0.3 is 0 Å². The van der Waals surface area contributed by atoms with E-state index >= 15 is 0 Å². The average molecular weight is 313 g/mol. The topological polar surface area (TPSA) is 46.0 Å². The fourth-order valence-electron chi connectivity index (χ4n) is 4.15. The van der Waals surface area contributed by atoms with Gasteiger partial charge < -0.3 is 14.8 Å². The summed E-state index contributed by atoms with van der Waals surface area (Å²) in [4.78, 5) is 12.2. The summed E-state index contributed by atoms with van der Waals surface area (Å²) in [6, 6.07) is 4.99. The van der Waals surface area contributed by atoms with Gasteiger partial charge in [0.15, 0.2) is 5.65 Å². The lowest BCUT2D eigenvalue weighted by molar-refractivity contribution is 0.182. The lowest BCUT2D eigenvalue weighted by Crippen LogP contribution is -2.38. The highest BCUT2D eigenvalue weighted by molar-refractivity contribution is 5.71. The number of fused-ring (bicyclic) bond motifs is 1. The van der Waals surface area contributed by atoms with E-state index in [-0.39, 0.29) is 0 Å². The Morgan fingerprint density at radius 3 is 3.04 bits per heavy atom. The monoisotopic (exact) mass is 313 g/mol. The lowest BCUT2D eigenvalue weighted by atomic mass is 10.0. The van der Waals surface area contributed by atoms with Crippen molar-refractivity contribution in [3.05, 3.63) is 24.2 Å². The number of imidazole rings is 1. The number of hydrogen-bond acceptors (Lipinski definition) is 4. The van der Waals surface area contributed by atoms with Crippen LogP contribution in [0.5, 0.6) is 0 Å². The van der Waals surface area contributed by atoms with Crippen LogP contribution in [0.4, 0.5) is 0 Å². The first-order valence-electron chi connectivity index (χ1n) is 9.15. The number of pyridine rings is 1. The summed E-state index contributed by atoms with van der Waals surface area (Å²) in [5.74, 6) is 1.21. The van der Waals surface area contributed by atoms with Crippen LogP contribution in [0.25, 0.3) is 11.2 Å². The Bertz CT molecular complexity index is 658. The molecule has 2 aliphatic rings. The quantitative estimate of drug-likeness (QED) is 0.946. The fourth-order valence-corrected chi connectivity index (χ4v) is 4.15. The zero-order chi connectivity index (χ0) is 15.6. The molecule has 0 saturated carbocycles. The van der Waals surface area contributed by atoms with E-state index in [0.29, 0.717) is 12.1 Å². The van der Waals surface area contributed by atoms with E-state index in [1.54, 1.807) is 0 Å². The molecule has 4 heterocycles. The molecule has 5 heteroatoms. The predicted molar refractivity (Wildman–Crippen MR) is 92.5 cm³/mol. The number of likely N-dealkylation sites (N-methyl/N-ethyl adjacent to an activating group) is 1. The van der Waals surface area contributed by atoms with Gasteiger partial charge in [0.1, 0.15) is 11.3 Å². The summed E-state index contributed by atoms with van der Waals surface area (Å²) in [6.45, 7) is 6.85. The van der Waals surface area contributed by atoms with Gasteiger partial charge in [0, 0.05) is 18.8 Å². The molecule has 2 fully saturated rings. The Balaban J connectivity index is 1.76. The third-order valence-corrected chi connectivity index (χ3v) is 5.39. The van der Waals surface area contributed by atoms with Crippen LogP contribution in [0.15, 0.2) is 18.3 Å². The molecule has 124 valence electrons. The SMILES string of the molecule is CCN1CCCC(n2c(C3CCCCN3)nc3cccnc32)C1. The van der Waals surface area contributed by atoms with Crippen molar-refractivity contribution in [3.63, 3.8) is 0 Å². The van der Waals surface area contributed by atoms with Crippen molar-refractivity contribution in [2.24, 2.45) is 0 Å². The minimum Gasteiger partial charge on any atom is -0.307 e. The normalized spacial score (nSPS) is 26.7. The van der Waals surface area contributed by atoms with Gasteiger partial charge in [-0.3, -0.25) is 0 Å². The highest BCUT2D eigenvalue weighted by atomic mass is 15.2. The minimum atomic E-state index is 0.384. The van der Waals surface area contributed by atoms with E-state index in [1.165, 1.54) is 44.5 Å². The van der Waals surface area contributed by atoms with Crippen LogP contribution in [0, 0.1) is 0 Å². The Kier molecular flexibility index (Phi) is 4.31. The summed E-state index contributed by atoms with van der Waals surface area (Å²) in [5.41, 5.74) is 2.11. The van der Waals surface area contributed by atoms with E-state index in [4.69, 9.17) is 4.98 Å². The van der Waals surface area contributed by atoms with E-state index in [0.717, 1.165) is 30.8 Å². The van der Waals surface area contributed by atoms with Crippen LogP contribution in [0.1, 0.15) is 56.9 Å². The van der Waals surface area contributed by atoms with Crippen molar-refractivity contribution < 1.29 is 0 Å². The maximum absolute atomic E-state index is 4.98. The molecule has 2 aliphatic heterocycles. The molecule has 0 aromatic carbocycles. The summed E-state index contributed by atoms with van der Waals surface area (Å²) in [7, 11) is 0. The molecule has 4 rings (SSSR count). The molecule has 23 heavy (non-hydrogen) atoms. The number of likely N-dealkylation sites (tertiary alicyclic amines) is 1. The van der Waals surface area contributed by atoms with Crippen molar-refractivity contribution in [1.82, 2.24) is 24.8 Å².